The number of aromatic amines is 1. The van der Waals surface area contributed by atoms with E-state index in [0.29, 0.717) is 73.4 Å². The molecule has 0 bridgehead atoms. The van der Waals surface area contributed by atoms with Crippen molar-refractivity contribution in [3.05, 3.63) is 118 Å². The molecule has 1 amide bonds. The predicted octanol–water partition coefficient (Wildman–Crippen LogP) is 4.17. The van der Waals surface area contributed by atoms with Crippen LogP contribution in [0.15, 0.2) is 93.8 Å². The second-order valence-electron chi connectivity index (χ2n) is 12.3. The number of unbranched alkanes of at least 4 members (excludes halogenated alkanes) is 2. The summed E-state index contributed by atoms with van der Waals surface area (Å²) in [6.45, 7) is 2.64. The van der Waals surface area contributed by atoms with E-state index in [4.69, 9.17) is 4.42 Å². The number of phenols is 1. The zero-order chi connectivity index (χ0) is 33.9. The second kappa shape index (κ2) is 16.5. The number of aromatic hydroxyl groups is 1. The average molecular weight is 656 g/mol. The number of allylic oxidation sites excluding steroid dienone is 3. The van der Waals surface area contributed by atoms with Crippen LogP contribution in [0.5, 0.6) is 5.75 Å². The van der Waals surface area contributed by atoms with Crippen molar-refractivity contribution in [2.45, 2.75) is 56.8 Å². The van der Waals surface area contributed by atoms with E-state index < -0.39 is 11.7 Å². The molecule has 0 spiro atoms. The summed E-state index contributed by atoms with van der Waals surface area (Å²) in [5.41, 5.74) is 0.724. The van der Waals surface area contributed by atoms with Crippen LogP contribution in [0.2, 0.25) is 0 Å². The number of carbonyl (C=O) groups is 1. The Labute approximate surface area is 280 Å². The zero-order valence-corrected chi connectivity index (χ0v) is 27.3. The fourth-order valence-corrected chi connectivity index (χ4v) is 5.98. The topological polar surface area (TPSA) is 164 Å². The molecule has 0 saturated carbocycles. The third kappa shape index (κ3) is 8.67. The molecule has 1 aliphatic carbocycles. The maximum Gasteiger partial charge on any atom is 0.248 e. The summed E-state index contributed by atoms with van der Waals surface area (Å²) in [4.78, 5) is 33.2. The van der Waals surface area contributed by atoms with Crippen LogP contribution in [0, 0.1) is 0 Å². The molecule has 2 aromatic heterocycles. The number of hydrogen-bond acceptors (Lipinski definition) is 9. The zero-order valence-electron chi connectivity index (χ0n) is 27.3. The van der Waals surface area contributed by atoms with Crippen LogP contribution >= 0.6 is 0 Å². The van der Waals surface area contributed by atoms with E-state index in [1.807, 2.05) is 54.4 Å². The van der Waals surface area contributed by atoms with E-state index in [2.05, 4.69) is 26.7 Å². The van der Waals surface area contributed by atoms with Crippen LogP contribution in [0.3, 0.4) is 0 Å². The first-order valence-electron chi connectivity index (χ1n) is 16.5. The summed E-state index contributed by atoms with van der Waals surface area (Å²) in [7, 11) is 1.92. The van der Waals surface area contributed by atoms with Gasteiger partial charge >= 0.3 is 0 Å². The van der Waals surface area contributed by atoms with Crippen molar-refractivity contribution in [2.24, 2.45) is 0 Å². The standard InChI is InChI=1S/C37H45N5O6/c1-42(25-28-23-40-36(48-28)37(47,26-11-5-2-6-12-26)27-13-7-3-8-14-27)22-19-33(45)39-21-10-4-9-20-38-24-32(44)29-15-17-31(43)35-30(29)16-18-34(46)41-35/h2-3,5-7,11-13,15-18,23,32,38,43-44,47H,4,8-10,14,19-22,24-25H2,1H3,(H,39,45)(H,41,46)/t32-,37?/m0/s1. The lowest BCUT2D eigenvalue weighted by Crippen LogP contribution is -2.31. The normalized spacial score (nSPS) is 15.0. The number of benzene rings is 2. The van der Waals surface area contributed by atoms with E-state index in [1.54, 1.807) is 18.3 Å². The van der Waals surface area contributed by atoms with Crippen molar-refractivity contribution in [1.82, 2.24) is 25.5 Å². The quantitative estimate of drug-likeness (QED) is 0.0917. The van der Waals surface area contributed by atoms with Crippen LogP contribution in [-0.2, 0) is 16.9 Å². The van der Waals surface area contributed by atoms with E-state index in [0.717, 1.165) is 31.3 Å². The highest BCUT2D eigenvalue weighted by atomic mass is 16.4. The van der Waals surface area contributed by atoms with Gasteiger partial charge in [0.2, 0.25) is 17.4 Å². The highest BCUT2D eigenvalue weighted by molar-refractivity contribution is 5.87. The van der Waals surface area contributed by atoms with Crippen molar-refractivity contribution in [3.63, 3.8) is 0 Å². The van der Waals surface area contributed by atoms with Crippen LogP contribution in [0.4, 0.5) is 0 Å². The lowest BCUT2D eigenvalue weighted by molar-refractivity contribution is -0.121. The summed E-state index contributed by atoms with van der Waals surface area (Å²) >= 11 is 0. The number of aliphatic hydroxyl groups excluding tert-OH is 1. The highest BCUT2D eigenvalue weighted by Crippen LogP contribution is 2.39. The molecule has 1 unspecified atom stereocenters. The third-order valence-corrected chi connectivity index (χ3v) is 8.64. The maximum atomic E-state index is 12.5. The predicted molar refractivity (Wildman–Crippen MR) is 184 cm³/mol. The van der Waals surface area contributed by atoms with Gasteiger partial charge in [0.15, 0.2) is 5.60 Å². The molecule has 2 aromatic carbocycles. The summed E-state index contributed by atoms with van der Waals surface area (Å²) in [6.07, 6.45) is 11.4. The smallest absolute Gasteiger partial charge is 0.248 e. The van der Waals surface area contributed by atoms with Gasteiger partial charge in [-0.2, -0.15) is 0 Å². The number of H-pyrrole nitrogens is 1. The molecule has 1 aliphatic rings. The van der Waals surface area contributed by atoms with Gasteiger partial charge in [0.1, 0.15) is 11.5 Å². The second-order valence-corrected chi connectivity index (χ2v) is 12.3. The van der Waals surface area contributed by atoms with Crippen molar-refractivity contribution >= 4 is 16.8 Å². The molecule has 48 heavy (non-hydrogen) atoms. The lowest BCUT2D eigenvalue weighted by Gasteiger charge is -2.29. The first-order valence-corrected chi connectivity index (χ1v) is 16.5. The minimum atomic E-state index is -1.45. The van der Waals surface area contributed by atoms with Crippen LogP contribution in [0.1, 0.15) is 67.4 Å². The van der Waals surface area contributed by atoms with E-state index >= 15 is 0 Å². The lowest BCUT2D eigenvalue weighted by atomic mass is 9.82. The molecule has 0 aliphatic heterocycles. The fraction of sp³-hybridized carbons (Fsp3) is 0.378. The Morgan fingerprint density at radius 3 is 2.71 bits per heavy atom. The minimum absolute atomic E-state index is 0.0143. The van der Waals surface area contributed by atoms with Gasteiger partial charge in [0, 0.05) is 37.5 Å². The van der Waals surface area contributed by atoms with Gasteiger partial charge < -0.3 is 35.4 Å². The molecule has 6 N–H and O–H groups in total. The van der Waals surface area contributed by atoms with E-state index in [1.165, 1.54) is 12.1 Å². The van der Waals surface area contributed by atoms with Gasteiger partial charge in [0.25, 0.3) is 0 Å². The van der Waals surface area contributed by atoms with Gasteiger partial charge in [-0.05, 0) is 68.1 Å². The summed E-state index contributed by atoms with van der Waals surface area (Å²) < 4.78 is 6.11. The number of aromatic nitrogens is 2. The Hall–Kier alpha value is -4.55. The fourth-order valence-electron chi connectivity index (χ4n) is 5.98. The molecule has 0 fully saturated rings. The molecule has 0 saturated heterocycles. The van der Waals surface area contributed by atoms with Crippen molar-refractivity contribution in [2.75, 3.05) is 33.2 Å². The van der Waals surface area contributed by atoms with Gasteiger partial charge in [-0.1, -0.05) is 61.0 Å². The molecule has 4 aromatic rings. The Kier molecular flexibility index (Phi) is 12.0. The first kappa shape index (κ1) is 34.8. The SMILES string of the molecule is CN(CCC(=O)NCCCCCNC[C@H](O)c1ccc(O)c2[nH]c(=O)ccc12)Cc1cnc(C(O)(C2=CC=CCC2)c2ccccc2)o1. The number of phenolic OH excluding ortho intramolecular Hbond substituents is 1. The van der Waals surface area contributed by atoms with Gasteiger partial charge in [-0.25, -0.2) is 4.98 Å². The van der Waals surface area contributed by atoms with Gasteiger partial charge in [0.05, 0.1) is 24.4 Å². The highest BCUT2D eigenvalue weighted by Gasteiger charge is 2.40. The van der Waals surface area contributed by atoms with Crippen molar-refractivity contribution in [3.8, 4) is 5.75 Å². The minimum Gasteiger partial charge on any atom is -0.506 e. The van der Waals surface area contributed by atoms with E-state index in [-0.39, 0.29) is 23.1 Å². The first-order chi connectivity index (χ1) is 23.3. The van der Waals surface area contributed by atoms with Crippen molar-refractivity contribution in [1.29, 1.82) is 0 Å². The summed E-state index contributed by atoms with van der Waals surface area (Å²) in [5.74, 6) is 0.806. The molecule has 11 heteroatoms. The Morgan fingerprint density at radius 2 is 1.92 bits per heavy atom. The van der Waals surface area contributed by atoms with Crippen LogP contribution < -0.4 is 16.2 Å². The Morgan fingerprint density at radius 1 is 1.10 bits per heavy atom. The number of nitrogens with one attached hydrogen (secondary N) is 3. The molecule has 0 radical (unpaired) electrons. The Bertz CT molecular complexity index is 1780. The molecule has 254 valence electrons. The number of carbonyl (C=O) groups excluding carboxylic acids is 1. The van der Waals surface area contributed by atoms with Gasteiger partial charge in [-0.3, -0.25) is 14.5 Å². The number of nitrogens with zero attached hydrogens (tertiary/aromatic N) is 2. The third-order valence-electron chi connectivity index (χ3n) is 8.64. The van der Waals surface area contributed by atoms with Crippen LogP contribution in [0.25, 0.3) is 10.9 Å². The van der Waals surface area contributed by atoms with Crippen LogP contribution in [-0.4, -0.2) is 69.3 Å². The maximum absolute atomic E-state index is 12.5. The molecule has 2 atom stereocenters. The number of fused-ring (bicyclic) bond motifs is 1. The summed E-state index contributed by atoms with van der Waals surface area (Å²) in [6, 6.07) is 15.6. The molecular formula is C37H45N5O6. The molecule has 5 rings (SSSR count). The molecule has 2 heterocycles. The Balaban J connectivity index is 0.980. The summed E-state index contributed by atoms with van der Waals surface area (Å²) in [5, 5.41) is 39.5. The number of hydrogen-bond donors (Lipinski definition) is 6. The number of oxazole rings is 1. The number of aliphatic hydroxyl groups is 2. The van der Waals surface area contributed by atoms with Crippen molar-refractivity contribution < 1.29 is 24.5 Å². The number of pyridine rings is 1. The molecular weight excluding hydrogens is 610 g/mol. The number of amides is 1. The largest absolute Gasteiger partial charge is 0.506 e. The molecule has 11 nitrogen and oxygen atoms in total. The van der Waals surface area contributed by atoms with E-state index in [9.17, 15) is 24.9 Å². The van der Waals surface area contributed by atoms with Gasteiger partial charge in [-0.15, -0.1) is 0 Å². The monoisotopic (exact) mass is 655 g/mol. The number of rotatable bonds is 17. The average Bonchev–Trinajstić information content (AvgIpc) is 3.58.